The first kappa shape index (κ1) is 7.98. The second-order valence-corrected chi connectivity index (χ2v) is 2.99. The van der Waals surface area contributed by atoms with Gasteiger partial charge in [-0.25, -0.2) is 0 Å². The highest BCUT2D eigenvalue weighted by atomic mass is 16.3. The molecule has 3 aromatic rings. The lowest BCUT2D eigenvalue weighted by molar-refractivity contribution is 0.579. The van der Waals surface area contributed by atoms with Gasteiger partial charge >= 0.3 is 0 Å². The van der Waals surface area contributed by atoms with E-state index in [9.17, 15) is 4.79 Å². The third-order valence-electron chi connectivity index (χ3n) is 2.06. The minimum Gasteiger partial charge on any atom is -0.463 e. The molecule has 15 heavy (non-hydrogen) atoms. The molecular formula is C9H6N4O2. The summed E-state index contributed by atoms with van der Waals surface area (Å²) in [6, 6.07) is 4.93. The van der Waals surface area contributed by atoms with Crippen molar-refractivity contribution in [2.24, 2.45) is 0 Å². The van der Waals surface area contributed by atoms with E-state index in [0.29, 0.717) is 17.2 Å². The van der Waals surface area contributed by atoms with Crippen molar-refractivity contribution in [3.05, 3.63) is 41.1 Å². The normalized spacial score (nSPS) is 10.9. The number of aromatic nitrogens is 4. The van der Waals surface area contributed by atoms with E-state index < -0.39 is 0 Å². The van der Waals surface area contributed by atoms with E-state index in [1.54, 1.807) is 18.4 Å². The Morgan fingerprint density at radius 3 is 3.20 bits per heavy atom. The van der Waals surface area contributed by atoms with Gasteiger partial charge < -0.3 is 9.40 Å². The lowest BCUT2D eigenvalue weighted by Crippen LogP contribution is -2.14. The summed E-state index contributed by atoms with van der Waals surface area (Å²) >= 11 is 0. The van der Waals surface area contributed by atoms with E-state index in [-0.39, 0.29) is 5.56 Å². The SMILES string of the molecule is O=c1cc(-c2ccco2)[nH]c2ncnn12. The largest absolute Gasteiger partial charge is 0.463 e. The van der Waals surface area contributed by atoms with Crippen LogP contribution in [0.25, 0.3) is 17.2 Å². The van der Waals surface area contributed by atoms with Gasteiger partial charge in [0.2, 0.25) is 5.78 Å². The molecule has 3 aromatic heterocycles. The minimum absolute atomic E-state index is 0.243. The monoisotopic (exact) mass is 202 g/mol. The van der Waals surface area contributed by atoms with Gasteiger partial charge in [0, 0.05) is 6.07 Å². The molecule has 0 atom stereocenters. The quantitative estimate of drug-likeness (QED) is 0.629. The molecule has 0 bridgehead atoms. The molecule has 6 heteroatoms. The van der Waals surface area contributed by atoms with Gasteiger partial charge in [-0.2, -0.15) is 14.6 Å². The van der Waals surface area contributed by atoms with Crippen molar-refractivity contribution in [2.75, 3.05) is 0 Å². The second kappa shape index (κ2) is 2.81. The lowest BCUT2D eigenvalue weighted by atomic mass is 10.3. The molecule has 74 valence electrons. The number of fused-ring (bicyclic) bond motifs is 1. The van der Waals surface area contributed by atoms with Crippen LogP contribution >= 0.6 is 0 Å². The molecule has 3 heterocycles. The van der Waals surface area contributed by atoms with E-state index in [2.05, 4.69) is 15.1 Å². The Morgan fingerprint density at radius 1 is 1.47 bits per heavy atom. The topological polar surface area (TPSA) is 76.2 Å². The molecule has 0 aliphatic rings. The molecule has 0 saturated carbocycles. The van der Waals surface area contributed by atoms with E-state index in [4.69, 9.17) is 4.42 Å². The third kappa shape index (κ3) is 1.15. The van der Waals surface area contributed by atoms with Gasteiger partial charge in [0.1, 0.15) is 12.1 Å². The van der Waals surface area contributed by atoms with Crippen LogP contribution in [-0.2, 0) is 0 Å². The van der Waals surface area contributed by atoms with Gasteiger partial charge in [0.25, 0.3) is 5.56 Å². The highest BCUT2D eigenvalue weighted by molar-refractivity contribution is 5.53. The van der Waals surface area contributed by atoms with Crippen molar-refractivity contribution < 1.29 is 4.42 Å². The Kier molecular flexibility index (Phi) is 1.49. The van der Waals surface area contributed by atoms with Crippen LogP contribution in [0.15, 0.2) is 40.0 Å². The number of nitrogens with zero attached hydrogens (tertiary/aromatic N) is 3. The van der Waals surface area contributed by atoms with Crippen LogP contribution in [0.2, 0.25) is 0 Å². The summed E-state index contributed by atoms with van der Waals surface area (Å²) < 4.78 is 6.36. The fourth-order valence-corrected chi connectivity index (χ4v) is 1.39. The predicted octanol–water partition coefficient (Wildman–Crippen LogP) is 0.678. The number of rotatable bonds is 1. The molecule has 0 aliphatic heterocycles. The molecule has 6 nitrogen and oxygen atoms in total. The highest BCUT2D eigenvalue weighted by Gasteiger charge is 2.06. The Bertz CT molecular complexity index is 650. The summed E-state index contributed by atoms with van der Waals surface area (Å²) in [5.41, 5.74) is 0.346. The van der Waals surface area contributed by atoms with Gasteiger partial charge in [0.15, 0.2) is 0 Å². The average molecular weight is 202 g/mol. The Morgan fingerprint density at radius 2 is 2.40 bits per heavy atom. The molecule has 0 spiro atoms. The fourth-order valence-electron chi connectivity index (χ4n) is 1.39. The van der Waals surface area contributed by atoms with Crippen LogP contribution in [0.3, 0.4) is 0 Å². The number of furan rings is 1. The van der Waals surface area contributed by atoms with Gasteiger partial charge in [0.05, 0.1) is 12.0 Å². The van der Waals surface area contributed by atoms with Crippen LogP contribution in [0.1, 0.15) is 0 Å². The van der Waals surface area contributed by atoms with Crippen LogP contribution in [0, 0.1) is 0 Å². The van der Waals surface area contributed by atoms with Gasteiger partial charge in [-0.05, 0) is 12.1 Å². The Labute approximate surface area is 83.2 Å². The first-order valence-electron chi connectivity index (χ1n) is 4.31. The van der Waals surface area contributed by atoms with E-state index in [0.717, 1.165) is 0 Å². The number of aromatic amines is 1. The maximum absolute atomic E-state index is 11.6. The van der Waals surface area contributed by atoms with Crippen LogP contribution < -0.4 is 5.56 Å². The van der Waals surface area contributed by atoms with Gasteiger partial charge in [-0.15, -0.1) is 0 Å². The van der Waals surface area contributed by atoms with Crippen molar-refractivity contribution in [3.8, 4) is 11.5 Å². The Hall–Kier alpha value is -2.37. The lowest BCUT2D eigenvalue weighted by Gasteiger charge is -1.96. The maximum atomic E-state index is 11.6. The number of nitrogens with one attached hydrogen (secondary N) is 1. The van der Waals surface area contributed by atoms with Crippen molar-refractivity contribution >= 4 is 5.78 Å². The predicted molar refractivity (Wildman–Crippen MR) is 51.3 cm³/mol. The number of hydrogen-bond acceptors (Lipinski definition) is 4. The average Bonchev–Trinajstić information content (AvgIpc) is 2.88. The molecule has 0 amide bonds. The Balaban J connectivity index is 2.34. The van der Waals surface area contributed by atoms with Crippen molar-refractivity contribution in [1.82, 2.24) is 19.6 Å². The third-order valence-corrected chi connectivity index (χ3v) is 2.06. The van der Waals surface area contributed by atoms with Gasteiger partial charge in [-0.3, -0.25) is 4.79 Å². The standard InChI is InChI=1S/C9H6N4O2/c14-8-4-6(7-2-1-3-15-7)12-9-10-5-11-13(8)9/h1-5H,(H,10,11,12). The zero-order valence-corrected chi connectivity index (χ0v) is 7.54. The first-order chi connectivity index (χ1) is 7.34. The fraction of sp³-hybridized carbons (Fsp3) is 0. The zero-order chi connectivity index (χ0) is 10.3. The molecule has 0 saturated heterocycles. The first-order valence-corrected chi connectivity index (χ1v) is 4.31. The molecule has 0 aliphatic carbocycles. The number of hydrogen-bond donors (Lipinski definition) is 1. The van der Waals surface area contributed by atoms with Crippen molar-refractivity contribution in [3.63, 3.8) is 0 Å². The summed E-state index contributed by atoms with van der Waals surface area (Å²) in [4.78, 5) is 18.4. The molecule has 3 rings (SSSR count). The van der Waals surface area contributed by atoms with Crippen molar-refractivity contribution in [2.45, 2.75) is 0 Å². The van der Waals surface area contributed by atoms with Crippen LogP contribution in [-0.4, -0.2) is 19.6 Å². The van der Waals surface area contributed by atoms with Crippen LogP contribution in [0.4, 0.5) is 0 Å². The second-order valence-electron chi connectivity index (χ2n) is 2.99. The van der Waals surface area contributed by atoms with E-state index in [1.807, 2.05) is 0 Å². The smallest absolute Gasteiger partial charge is 0.276 e. The summed E-state index contributed by atoms with van der Waals surface area (Å²) in [7, 11) is 0. The summed E-state index contributed by atoms with van der Waals surface area (Å²) in [5, 5.41) is 3.77. The zero-order valence-electron chi connectivity index (χ0n) is 7.54. The van der Waals surface area contributed by atoms with Gasteiger partial charge in [-0.1, -0.05) is 0 Å². The maximum Gasteiger partial charge on any atom is 0.276 e. The van der Waals surface area contributed by atoms with E-state index >= 15 is 0 Å². The molecule has 0 aromatic carbocycles. The number of H-pyrrole nitrogens is 1. The molecule has 0 radical (unpaired) electrons. The van der Waals surface area contributed by atoms with E-state index in [1.165, 1.54) is 16.9 Å². The molecule has 0 fully saturated rings. The summed E-state index contributed by atoms with van der Waals surface area (Å²) in [5.74, 6) is 0.992. The van der Waals surface area contributed by atoms with Crippen molar-refractivity contribution in [1.29, 1.82) is 0 Å². The molecule has 0 unspecified atom stereocenters. The molecular weight excluding hydrogens is 196 g/mol. The summed E-state index contributed by atoms with van der Waals surface area (Å²) in [6.45, 7) is 0. The van der Waals surface area contributed by atoms with Crippen LogP contribution in [0.5, 0.6) is 0 Å². The minimum atomic E-state index is -0.243. The highest BCUT2D eigenvalue weighted by Crippen LogP contribution is 2.15. The summed E-state index contributed by atoms with van der Waals surface area (Å²) in [6.07, 6.45) is 2.86. The molecule has 1 N–H and O–H groups in total.